The van der Waals surface area contributed by atoms with Gasteiger partial charge in [0, 0.05) is 38.4 Å². The molecule has 1 aromatic heterocycles. The van der Waals surface area contributed by atoms with Crippen molar-refractivity contribution in [1.29, 1.82) is 0 Å². The second-order valence-electron chi connectivity index (χ2n) is 8.67. The molecular weight excluding hydrogens is 406 g/mol. The largest absolute Gasteiger partial charge is 0.489 e. The molecule has 0 aliphatic carbocycles. The number of carboxylic acid groups (broad SMARTS) is 1. The number of hydrogen-bond donors (Lipinski definition) is 1. The van der Waals surface area contributed by atoms with Crippen LogP contribution in [0, 0.1) is 5.92 Å². The van der Waals surface area contributed by atoms with Crippen LogP contribution in [0.2, 0.25) is 0 Å². The molecule has 32 heavy (non-hydrogen) atoms. The van der Waals surface area contributed by atoms with Gasteiger partial charge in [0.1, 0.15) is 17.4 Å². The molecule has 1 N–H and O–H groups in total. The number of hydrogen-bond acceptors (Lipinski definition) is 5. The van der Waals surface area contributed by atoms with E-state index in [2.05, 4.69) is 23.2 Å². The highest BCUT2D eigenvalue weighted by Gasteiger charge is 2.54. The van der Waals surface area contributed by atoms with Gasteiger partial charge in [0.25, 0.3) is 0 Å². The van der Waals surface area contributed by atoms with Crippen molar-refractivity contribution in [3.05, 3.63) is 66.5 Å². The summed E-state index contributed by atoms with van der Waals surface area (Å²) in [6.45, 7) is 3.28. The monoisotopic (exact) mass is 435 g/mol. The lowest BCUT2D eigenvalue weighted by Gasteiger charge is -2.49. The van der Waals surface area contributed by atoms with E-state index in [1.807, 2.05) is 30.1 Å². The zero-order chi connectivity index (χ0) is 22.7. The third-order valence-electron chi connectivity index (χ3n) is 6.77. The molecule has 0 spiro atoms. The Balaban J connectivity index is 1.50. The van der Waals surface area contributed by atoms with E-state index in [0.29, 0.717) is 25.4 Å². The summed E-state index contributed by atoms with van der Waals surface area (Å²) in [7, 11) is 1.81. The summed E-state index contributed by atoms with van der Waals surface area (Å²) in [6.07, 6.45) is 6.05. The van der Waals surface area contributed by atoms with E-state index < -0.39 is 17.4 Å². The van der Waals surface area contributed by atoms with E-state index in [4.69, 9.17) is 4.74 Å². The second-order valence-corrected chi connectivity index (χ2v) is 8.67. The first-order valence-corrected chi connectivity index (χ1v) is 10.9. The van der Waals surface area contributed by atoms with Crippen LogP contribution in [-0.2, 0) is 9.59 Å². The Morgan fingerprint density at radius 1 is 1.16 bits per heavy atom. The lowest BCUT2D eigenvalue weighted by atomic mass is 9.75. The lowest BCUT2D eigenvalue weighted by Crippen LogP contribution is -2.67. The number of amides is 1. The number of carbonyl (C=O) groups excluding carboxylic acids is 1. The number of aromatic nitrogens is 1. The van der Waals surface area contributed by atoms with Gasteiger partial charge < -0.3 is 14.7 Å². The topological polar surface area (TPSA) is 83.0 Å². The fourth-order valence-corrected chi connectivity index (χ4v) is 4.76. The Morgan fingerprint density at radius 3 is 2.50 bits per heavy atom. The van der Waals surface area contributed by atoms with Crippen molar-refractivity contribution in [3.8, 4) is 5.75 Å². The van der Waals surface area contributed by atoms with Crippen molar-refractivity contribution < 1.29 is 19.4 Å². The fourth-order valence-electron chi connectivity index (χ4n) is 4.76. The summed E-state index contributed by atoms with van der Waals surface area (Å²) in [5.74, 6) is -1.35. The molecule has 2 aliphatic heterocycles. The summed E-state index contributed by atoms with van der Waals surface area (Å²) in [5.41, 5.74) is 1.25. The van der Waals surface area contributed by atoms with Gasteiger partial charge in [-0.25, -0.2) is 0 Å². The Hall–Kier alpha value is -3.19. The number of aliphatic carboxylic acids is 1. The zero-order valence-corrected chi connectivity index (χ0v) is 18.5. The number of likely N-dealkylation sites (N-methyl/N-ethyl adjacent to an activating group) is 1. The summed E-state index contributed by atoms with van der Waals surface area (Å²) in [5, 5.41) is 10.0. The van der Waals surface area contributed by atoms with Crippen molar-refractivity contribution >= 4 is 17.4 Å². The summed E-state index contributed by atoms with van der Waals surface area (Å²) in [4.78, 5) is 33.5. The molecule has 1 amide bonds. The highest BCUT2D eigenvalue weighted by atomic mass is 16.5. The molecule has 7 nitrogen and oxygen atoms in total. The van der Waals surface area contributed by atoms with Gasteiger partial charge in [-0.2, -0.15) is 0 Å². The molecule has 0 bridgehead atoms. The molecule has 168 valence electrons. The smallest absolute Gasteiger partial charge is 0.309 e. The first-order chi connectivity index (χ1) is 15.4. The summed E-state index contributed by atoms with van der Waals surface area (Å²) in [6, 6.07) is 13.6. The van der Waals surface area contributed by atoms with Crippen LogP contribution in [0.15, 0.2) is 60.9 Å². The number of benzene rings is 1. The molecule has 7 heteroatoms. The maximum atomic E-state index is 13.7. The molecule has 3 atom stereocenters. The van der Waals surface area contributed by atoms with Gasteiger partial charge >= 0.3 is 5.97 Å². The van der Waals surface area contributed by atoms with Crippen molar-refractivity contribution in [2.24, 2.45) is 5.92 Å². The Morgan fingerprint density at radius 2 is 1.88 bits per heavy atom. The lowest BCUT2D eigenvalue weighted by molar-refractivity contribution is -0.166. The molecular formula is C25H29N3O4. The first-order valence-electron chi connectivity index (χ1n) is 10.9. The number of likely N-dealkylation sites (tertiary alicyclic amines) is 1. The van der Waals surface area contributed by atoms with Crippen LogP contribution in [0.4, 0.5) is 0 Å². The van der Waals surface area contributed by atoms with Gasteiger partial charge in [0.2, 0.25) is 5.91 Å². The number of nitrogens with zero attached hydrogens (tertiary/aromatic N) is 3. The minimum Gasteiger partial charge on any atom is -0.489 e. The van der Waals surface area contributed by atoms with Crippen LogP contribution < -0.4 is 4.74 Å². The maximum Gasteiger partial charge on any atom is 0.309 e. The van der Waals surface area contributed by atoms with Crippen molar-refractivity contribution in [3.63, 3.8) is 0 Å². The molecule has 2 aliphatic rings. The van der Waals surface area contributed by atoms with Crippen molar-refractivity contribution in [2.45, 2.75) is 31.4 Å². The molecule has 2 aromatic rings. The third-order valence-corrected chi connectivity index (χ3v) is 6.77. The van der Waals surface area contributed by atoms with E-state index in [9.17, 15) is 14.7 Å². The molecule has 0 saturated carbocycles. The molecule has 1 saturated heterocycles. The highest BCUT2D eigenvalue weighted by molar-refractivity contribution is 5.92. The van der Waals surface area contributed by atoms with Crippen LogP contribution in [0.3, 0.4) is 0 Å². The Bertz CT molecular complexity index is 995. The van der Waals surface area contributed by atoms with Crippen LogP contribution in [0.25, 0.3) is 5.57 Å². The SMILES string of the molecule is CN1C[C@@H](Oc2ccncc2)C[C@H](C(=O)O)[C@@]1(C)C(=O)N1CC=C(c2ccccc2)CC1. The minimum atomic E-state index is -1.14. The van der Waals surface area contributed by atoms with Gasteiger partial charge in [-0.1, -0.05) is 36.4 Å². The number of ether oxygens (including phenoxy) is 1. The van der Waals surface area contributed by atoms with Gasteiger partial charge in [-0.3, -0.25) is 19.5 Å². The van der Waals surface area contributed by atoms with Gasteiger partial charge in [-0.15, -0.1) is 0 Å². The van der Waals surface area contributed by atoms with E-state index >= 15 is 0 Å². The van der Waals surface area contributed by atoms with E-state index in [1.165, 1.54) is 11.1 Å². The van der Waals surface area contributed by atoms with Crippen LogP contribution in [0.5, 0.6) is 5.75 Å². The summed E-state index contributed by atoms with van der Waals surface area (Å²) < 4.78 is 6.01. The van der Waals surface area contributed by atoms with Gasteiger partial charge in [0.05, 0.1) is 5.92 Å². The predicted octanol–water partition coefficient (Wildman–Crippen LogP) is 2.94. The van der Waals surface area contributed by atoms with Crippen molar-refractivity contribution in [1.82, 2.24) is 14.8 Å². The standard InChI is InChI=1S/C25H29N3O4/c1-25(24(31)28-14-10-19(11-15-28)18-6-4-3-5-7-18)22(23(29)30)16-21(17-27(25)2)32-20-8-12-26-13-9-20/h3-10,12-13,21-22H,11,14-17H2,1-2H3,(H,29,30)/t21-,22+,25-/m0/s1. The zero-order valence-electron chi connectivity index (χ0n) is 18.5. The predicted molar refractivity (Wildman–Crippen MR) is 121 cm³/mol. The van der Waals surface area contributed by atoms with Crippen molar-refractivity contribution in [2.75, 3.05) is 26.7 Å². The van der Waals surface area contributed by atoms with Gasteiger partial charge in [-0.05, 0) is 43.7 Å². The van der Waals surface area contributed by atoms with E-state index in [-0.39, 0.29) is 18.4 Å². The molecule has 0 radical (unpaired) electrons. The molecule has 3 heterocycles. The molecule has 0 unspecified atom stereocenters. The normalized spacial score (nSPS) is 26.3. The van der Waals surface area contributed by atoms with E-state index in [1.54, 1.807) is 36.4 Å². The fraction of sp³-hybridized carbons (Fsp3) is 0.400. The minimum absolute atomic E-state index is 0.141. The van der Waals surface area contributed by atoms with Crippen LogP contribution in [-0.4, -0.2) is 70.1 Å². The summed E-state index contributed by atoms with van der Waals surface area (Å²) >= 11 is 0. The molecule has 4 rings (SSSR count). The first kappa shape index (κ1) is 22.0. The number of piperidine rings is 1. The Kier molecular flexibility index (Phi) is 6.28. The highest BCUT2D eigenvalue weighted by Crippen LogP contribution is 2.37. The Labute approximate surface area is 188 Å². The molecule has 1 fully saturated rings. The third kappa shape index (κ3) is 4.25. The van der Waals surface area contributed by atoms with E-state index in [0.717, 1.165) is 6.42 Å². The number of carbonyl (C=O) groups is 2. The second kappa shape index (κ2) is 9.12. The van der Waals surface area contributed by atoms with Crippen LogP contribution >= 0.6 is 0 Å². The quantitative estimate of drug-likeness (QED) is 0.778. The average molecular weight is 436 g/mol. The number of pyridine rings is 1. The maximum absolute atomic E-state index is 13.7. The average Bonchev–Trinajstić information content (AvgIpc) is 2.82. The molecule has 1 aromatic carbocycles. The van der Waals surface area contributed by atoms with Crippen LogP contribution in [0.1, 0.15) is 25.3 Å². The van der Waals surface area contributed by atoms with Gasteiger partial charge in [0.15, 0.2) is 0 Å². The number of rotatable bonds is 5. The number of carboxylic acids is 1.